The van der Waals surface area contributed by atoms with Gasteiger partial charge in [0.15, 0.2) is 5.13 Å². The molecule has 0 amide bonds. The highest BCUT2D eigenvalue weighted by molar-refractivity contribution is 7.18. The van der Waals surface area contributed by atoms with Gasteiger partial charge in [-0.25, -0.2) is 4.98 Å². The number of carbonyl (C=O) groups is 1. The molecule has 7 heteroatoms. The summed E-state index contributed by atoms with van der Waals surface area (Å²) in [6.45, 7) is 2.47. The van der Waals surface area contributed by atoms with E-state index in [-0.39, 0.29) is 11.6 Å². The minimum atomic E-state index is -0.205. The van der Waals surface area contributed by atoms with Gasteiger partial charge < -0.3 is 15.8 Å². The SMILES string of the molecule is CCOc1ccccc1Nc1nc(N)c(C(=O)c2cccc(Cl)c2)s1. The number of hydrogen-bond acceptors (Lipinski definition) is 6. The second-order valence-corrected chi connectivity index (χ2v) is 6.56. The van der Waals surface area contributed by atoms with E-state index in [1.165, 1.54) is 11.3 Å². The molecule has 0 aliphatic heterocycles. The first-order valence-corrected chi connectivity index (χ1v) is 8.83. The van der Waals surface area contributed by atoms with Crippen LogP contribution in [0.4, 0.5) is 16.6 Å². The topological polar surface area (TPSA) is 77.2 Å². The molecule has 0 bridgehead atoms. The summed E-state index contributed by atoms with van der Waals surface area (Å²) in [4.78, 5) is 17.3. The van der Waals surface area contributed by atoms with Crippen molar-refractivity contribution in [3.05, 3.63) is 64.0 Å². The number of thiazole rings is 1. The summed E-state index contributed by atoms with van der Waals surface area (Å²) in [6.07, 6.45) is 0. The van der Waals surface area contributed by atoms with Gasteiger partial charge in [0.25, 0.3) is 0 Å². The molecule has 0 saturated carbocycles. The van der Waals surface area contributed by atoms with Crippen LogP contribution in [0.25, 0.3) is 0 Å². The highest BCUT2D eigenvalue weighted by atomic mass is 35.5. The zero-order chi connectivity index (χ0) is 17.8. The molecule has 2 aromatic carbocycles. The fourth-order valence-electron chi connectivity index (χ4n) is 2.28. The van der Waals surface area contributed by atoms with E-state index >= 15 is 0 Å². The van der Waals surface area contributed by atoms with Gasteiger partial charge in [-0.2, -0.15) is 0 Å². The Morgan fingerprint density at radius 2 is 2.08 bits per heavy atom. The predicted octanol–water partition coefficient (Wildman–Crippen LogP) is 4.75. The summed E-state index contributed by atoms with van der Waals surface area (Å²) in [7, 11) is 0. The van der Waals surface area contributed by atoms with E-state index in [1.54, 1.807) is 24.3 Å². The summed E-state index contributed by atoms with van der Waals surface area (Å²) < 4.78 is 5.58. The normalized spacial score (nSPS) is 10.5. The number of nitrogens with one attached hydrogen (secondary N) is 1. The highest BCUT2D eigenvalue weighted by Gasteiger charge is 2.19. The van der Waals surface area contributed by atoms with Crippen LogP contribution in [0.5, 0.6) is 5.75 Å². The lowest BCUT2D eigenvalue weighted by Gasteiger charge is -2.09. The maximum absolute atomic E-state index is 12.6. The van der Waals surface area contributed by atoms with Gasteiger partial charge in [0.2, 0.25) is 5.78 Å². The van der Waals surface area contributed by atoms with E-state index in [0.717, 1.165) is 5.69 Å². The van der Waals surface area contributed by atoms with Gasteiger partial charge in [0.05, 0.1) is 12.3 Å². The molecule has 0 spiro atoms. The van der Waals surface area contributed by atoms with Crippen LogP contribution in [0.2, 0.25) is 5.02 Å². The second-order valence-electron chi connectivity index (χ2n) is 5.13. The molecule has 1 heterocycles. The Labute approximate surface area is 154 Å². The zero-order valence-corrected chi connectivity index (χ0v) is 15.0. The molecule has 3 rings (SSSR count). The van der Waals surface area contributed by atoms with Crippen molar-refractivity contribution in [3.63, 3.8) is 0 Å². The minimum absolute atomic E-state index is 0.186. The maximum Gasteiger partial charge on any atom is 0.206 e. The smallest absolute Gasteiger partial charge is 0.206 e. The van der Waals surface area contributed by atoms with Gasteiger partial charge >= 0.3 is 0 Å². The van der Waals surface area contributed by atoms with Crippen LogP contribution in [0, 0.1) is 0 Å². The fourth-order valence-corrected chi connectivity index (χ4v) is 3.32. The van der Waals surface area contributed by atoms with Gasteiger partial charge in [0.1, 0.15) is 16.4 Å². The molecular weight excluding hydrogens is 358 g/mol. The van der Waals surface area contributed by atoms with Gasteiger partial charge in [-0.05, 0) is 31.2 Å². The first-order chi connectivity index (χ1) is 12.1. The van der Waals surface area contributed by atoms with Crippen LogP contribution in [-0.2, 0) is 0 Å². The first-order valence-electron chi connectivity index (χ1n) is 7.64. The summed E-state index contributed by atoms with van der Waals surface area (Å²) in [6, 6.07) is 14.3. The van der Waals surface area contributed by atoms with Gasteiger partial charge in [0, 0.05) is 10.6 Å². The van der Waals surface area contributed by atoms with Gasteiger partial charge in [-0.1, -0.05) is 47.2 Å². The second kappa shape index (κ2) is 7.55. The van der Waals surface area contributed by atoms with E-state index in [4.69, 9.17) is 22.1 Å². The van der Waals surface area contributed by atoms with E-state index < -0.39 is 0 Å². The van der Waals surface area contributed by atoms with Crippen LogP contribution in [-0.4, -0.2) is 17.4 Å². The number of nitrogens with two attached hydrogens (primary N) is 1. The number of rotatable bonds is 6. The molecule has 25 heavy (non-hydrogen) atoms. The Hall–Kier alpha value is -2.57. The molecule has 0 radical (unpaired) electrons. The number of aromatic nitrogens is 1. The minimum Gasteiger partial charge on any atom is -0.492 e. The molecule has 5 nitrogen and oxygen atoms in total. The van der Waals surface area contributed by atoms with Crippen molar-refractivity contribution in [2.75, 3.05) is 17.7 Å². The lowest BCUT2D eigenvalue weighted by molar-refractivity contribution is 0.104. The van der Waals surface area contributed by atoms with Crippen molar-refractivity contribution < 1.29 is 9.53 Å². The summed E-state index contributed by atoms with van der Waals surface area (Å²) >= 11 is 7.15. The largest absolute Gasteiger partial charge is 0.492 e. The summed E-state index contributed by atoms with van der Waals surface area (Å²) in [5.41, 5.74) is 7.18. The third-order valence-electron chi connectivity index (χ3n) is 3.37. The molecule has 1 aromatic heterocycles. The van der Waals surface area contributed by atoms with Crippen molar-refractivity contribution in [1.29, 1.82) is 0 Å². The van der Waals surface area contributed by atoms with Crippen molar-refractivity contribution >= 4 is 45.4 Å². The number of anilines is 3. The molecule has 0 atom stereocenters. The van der Waals surface area contributed by atoms with Crippen molar-refractivity contribution in [1.82, 2.24) is 4.98 Å². The first kappa shape index (κ1) is 17.3. The number of nitrogens with zero attached hydrogens (tertiary/aromatic N) is 1. The Kier molecular flexibility index (Phi) is 5.21. The third-order valence-corrected chi connectivity index (χ3v) is 4.60. The van der Waals surface area contributed by atoms with Crippen LogP contribution in [0.15, 0.2) is 48.5 Å². The summed E-state index contributed by atoms with van der Waals surface area (Å²) in [5, 5.41) is 4.18. The molecule has 0 fully saturated rings. The lowest BCUT2D eigenvalue weighted by Crippen LogP contribution is -2.02. The number of hydrogen-bond donors (Lipinski definition) is 2. The third kappa shape index (κ3) is 3.92. The van der Waals surface area contributed by atoms with Crippen molar-refractivity contribution in [3.8, 4) is 5.75 Å². The Morgan fingerprint density at radius 3 is 2.84 bits per heavy atom. The molecule has 128 valence electrons. The number of ether oxygens (including phenoxy) is 1. The number of ketones is 1. The van der Waals surface area contributed by atoms with Crippen molar-refractivity contribution in [2.24, 2.45) is 0 Å². The Bertz CT molecular complexity index is 911. The molecule has 3 aromatic rings. The highest BCUT2D eigenvalue weighted by Crippen LogP contribution is 2.33. The average molecular weight is 374 g/mol. The van der Waals surface area contributed by atoms with Crippen LogP contribution in [0.1, 0.15) is 22.2 Å². The van der Waals surface area contributed by atoms with Gasteiger partial charge in [-0.15, -0.1) is 0 Å². The van der Waals surface area contributed by atoms with Crippen molar-refractivity contribution in [2.45, 2.75) is 6.92 Å². The molecule has 0 aliphatic carbocycles. The van der Waals surface area contributed by atoms with Crippen LogP contribution < -0.4 is 15.8 Å². The number of carbonyl (C=O) groups excluding carboxylic acids is 1. The Morgan fingerprint density at radius 1 is 1.28 bits per heavy atom. The van der Waals surface area contributed by atoms with Crippen LogP contribution in [0.3, 0.4) is 0 Å². The maximum atomic E-state index is 12.6. The average Bonchev–Trinajstić information content (AvgIpc) is 2.96. The van der Waals surface area contributed by atoms with E-state index in [9.17, 15) is 4.79 Å². The van der Waals surface area contributed by atoms with E-state index in [1.807, 2.05) is 31.2 Å². The lowest BCUT2D eigenvalue weighted by atomic mass is 10.1. The van der Waals surface area contributed by atoms with E-state index in [0.29, 0.717) is 33.0 Å². The monoisotopic (exact) mass is 373 g/mol. The zero-order valence-electron chi connectivity index (χ0n) is 13.5. The van der Waals surface area contributed by atoms with Gasteiger partial charge in [-0.3, -0.25) is 4.79 Å². The number of halogens is 1. The molecule has 0 saturated heterocycles. The molecule has 0 unspecified atom stereocenters. The number of benzene rings is 2. The molecule has 3 N–H and O–H groups in total. The molecule has 0 aliphatic rings. The number of nitrogen functional groups attached to an aromatic ring is 1. The standard InChI is InChI=1S/C18H16ClN3O2S/c1-2-24-14-9-4-3-8-13(14)21-18-22-17(20)16(25-18)15(23)11-6-5-7-12(19)10-11/h3-10H,2,20H2,1H3,(H,21,22). The Balaban J connectivity index is 1.87. The van der Waals surface area contributed by atoms with E-state index in [2.05, 4.69) is 10.3 Å². The van der Waals surface area contributed by atoms with Crippen LogP contribution >= 0.6 is 22.9 Å². The predicted molar refractivity (Wildman–Crippen MR) is 102 cm³/mol. The fraction of sp³-hybridized carbons (Fsp3) is 0.111. The molecular formula is C18H16ClN3O2S. The quantitative estimate of drug-likeness (QED) is 0.609. The number of para-hydroxylation sites is 2. The summed E-state index contributed by atoms with van der Waals surface area (Å²) in [5.74, 6) is 0.691.